The second kappa shape index (κ2) is 5.21. The van der Waals surface area contributed by atoms with Crippen molar-refractivity contribution in [1.29, 1.82) is 0 Å². The number of rotatable bonds is 3. The second-order valence-electron chi connectivity index (χ2n) is 4.67. The van der Waals surface area contributed by atoms with Gasteiger partial charge in [0, 0.05) is 24.4 Å². The predicted molar refractivity (Wildman–Crippen MR) is 76.1 cm³/mol. The lowest BCUT2D eigenvalue weighted by atomic mass is 10.0. The Kier molecular flexibility index (Phi) is 3.25. The number of para-hydroxylation sites is 1. The number of hydrogen-bond donors (Lipinski definition) is 2. The number of aryl methyl sites for hydroxylation is 1. The smallest absolute Gasteiger partial charge is 0.248 e. The van der Waals surface area contributed by atoms with Crippen LogP contribution in [-0.4, -0.2) is 17.4 Å². The highest BCUT2D eigenvalue weighted by atomic mass is 16.5. The fourth-order valence-electron chi connectivity index (χ4n) is 2.29. The standard InChI is InChI=1S/C15H15N3O2/c16-15(19)11-6-8-17-13(9-11)20-12-5-1-3-10-4-2-7-18-14(10)12/h1,3,5-6,8-9,18H,2,4,7H2,(H2,16,19). The first-order chi connectivity index (χ1) is 9.74. The first kappa shape index (κ1) is 12.5. The lowest BCUT2D eigenvalue weighted by Crippen LogP contribution is -2.13. The summed E-state index contributed by atoms with van der Waals surface area (Å²) in [5, 5.41) is 3.34. The molecule has 2 heterocycles. The van der Waals surface area contributed by atoms with Crippen LogP contribution >= 0.6 is 0 Å². The number of nitrogens with two attached hydrogens (primary N) is 1. The van der Waals surface area contributed by atoms with E-state index in [0.29, 0.717) is 11.4 Å². The Labute approximate surface area is 116 Å². The Balaban J connectivity index is 1.91. The van der Waals surface area contributed by atoms with Gasteiger partial charge in [-0.1, -0.05) is 12.1 Å². The van der Waals surface area contributed by atoms with Gasteiger partial charge in [-0.15, -0.1) is 0 Å². The number of carbonyl (C=O) groups is 1. The summed E-state index contributed by atoms with van der Waals surface area (Å²) in [5.74, 6) is 0.587. The molecule has 0 atom stereocenters. The van der Waals surface area contributed by atoms with Gasteiger partial charge in [0.2, 0.25) is 11.8 Å². The summed E-state index contributed by atoms with van der Waals surface area (Å²) in [6, 6.07) is 9.04. The van der Waals surface area contributed by atoms with E-state index in [-0.39, 0.29) is 0 Å². The summed E-state index contributed by atoms with van der Waals surface area (Å²) >= 11 is 0. The maximum Gasteiger partial charge on any atom is 0.248 e. The van der Waals surface area contributed by atoms with Crippen LogP contribution in [0.25, 0.3) is 0 Å². The first-order valence-electron chi connectivity index (χ1n) is 6.53. The number of nitrogens with one attached hydrogen (secondary N) is 1. The largest absolute Gasteiger partial charge is 0.437 e. The van der Waals surface area contributed by atoms with Gasteiger partial charge < -0.3 is 15.8 Å². The molecule has 0 bridgehead atoms. The van der Waals surface area contributed by atoms with Crippen molar-refractivity contribution in [1.82, 2.24) is 4.98 Å². The zero-order chi connectivity index (χ0) is 13.9. The SMILES string of the molecule is NC(=O)c1ccnc(Oc2cccc3c2NCCC3)c1. The molecule has 20 heavy (non-hydrogen) atoms. The van der Waals surface area contributed by atoms with Crippen LogP contribution in [0.2, 0.25) is 0 Å². The van der Waals surface area contributed by atoms with E-state index in [1.54, 1.807) is 12.1 Å². The van der Waals surface area contributed by atoms with Gasteiger partial charge in [0.15, 0.2) is 5.75 Å². The van der Waals surface area contributed by atoms with Crippen LogP contribution in [0, 0.1) is 0 Å². The number of carbonyl (C=O) groups excluding carboxylic acids is 1. The Morgan fingerprint density at radius 1 is 1.35 bits per heavy atom. The third kappa shape index (κ3) is 2.42. The third-order valence-electron chi connectivity index (χ3n) is 3.27. The van der Waals surface area contributed by atoms with E-state index < -0.39 is 5.91 Å². The maximum atomic E-state index is 11.2. The minimum absolute atomic E-state index is 0.363. The van der Waals surface area contributed by atoms with Gasteiger partial charge in [-0.3, -0.25) is 4.79 Å². The third-order valence-corrected chi connectivity index (χ3v) is 3.27. The maximum absolute atomic E-state index is 11.2. The molecule has 0 spiro atoms. The zero-order valence-electron chi connectivity index (χ0n) is 10.9. The highest BCUT2D eigenvalue weighted by molar-refractivity contribution is 5.92. The summed E-state index contributed by atoms with van der Waals surface area (Å²) < 4.78 is 5.79. The molecule has 3 N–H and O–H groups in total. The summed E-state index contributed by atoms with van der Waals surface area (Å²) in [6.45, 7) is 0.933. The molecular weight excluding hydrogens is 254 g/mol. The Morgan fingerprint density at radius 3 is 3.10 bits per heavy atom. The van der Waals surface area contributed by atoms with Crippen molar-refractivity contribution in [3.63, 3.8) is 0 Å². The number of benzene rings is 1. The molecule has 1 aliphatic rings. The van der Waals surface area contributed by atoms with Crippen LogP contribution in [0.5, 0.6) is 11.6 Å². The molecule has 1 aromatic heterocycles. The molecule has 2 aromatic rings. The predicted octanol–water partition coefficient (Wildman–Crippen LogP) is 2.33. The van der Waals surface area contributed by atoms with Gasteiger partial charge in [0.1, 0.15) is 0 Å². The molecule has 5 nitrogen and oxygen atoms in total. The monoisotopic (exact) mass is 269 g/mol. The fraction of sp³-hybridized carbons (Fsp3) is 0.200. The fourth-order valence-corrected chi connectivity index (χ4v) is 2.29. The molecule has 1 amide bonds. The molecule has 0 saturated carbocycles. The van der Waals surface area contributed by atoms with E-state index in [0.717, 1.165) is 30.8 Å². The number of primary amides is 1. The summed E-state index contributed by atoms with van der Waals surface area (Å²) in [5.41, 5.74) is 7.88. The lowest BCUT2D eigenvalue weighted by Gasteiger charge is -2.20. The van der Waals surface area contributed by atoms with Crippen LogP contribution in [0.1, 0.15) is 22.3 Å². The molecule has 3 rings (SSSR count). The molecule has 1 aromatic carbocycles. The minimum Gasteiger partial charge on any atom is -0.437 e. The van der Waals surface area contributed by atoms with Crippen LogP contribution in [-0.2, 0) is 6.42 Å². The zero-order valence-corrected chi connectivity index (χ0v) is 10.9. The Bertz CT molecular complexity index is 655. The van der Waals surface area contributed by atoms with E-state index in [4.69, 9.17) is 10.5 Å². The number of fused-ring (bicyclic) bond motifs is 1. The molecule has 102 valence electrons. The van der Waals surface area contributed by atoms with Crippen LogP contribution in [0.15, 0.2) is 36.5 Å². The highest BCUT2D eigenvalue weighted by Gasteiger charge is 2.14. The molecule has 0 unspecified atom stereocenters. The summed E-state index contributed by atoms with van der Waals surface area (Å²) in [4.78, 5) is 15.3. The van der Waals surface area contributed by atoms with Gasteiger partial charge in [0.25, 0.3) is 0 Å². The van der Waals surface area contributed by atoms with E-state index in [9.17, 15) is 4.79 Å². The first-order valence-corrected chi connectivity index (χ1v) is 6.53. The van der Waals surface area contributed by atoms with E-state index >= 15 is 0 Å². The number of hydrogen-bond acceptors (Lipinski definition) is 4. The number of pyridine rings is 1. The molecule has 1 aliphatic heterocycles. The molecule has 0 radical (unpaired) electrons. The van der Waals surface area contributed by atoms with Gasteiger partial charge in [0.05, 0.1) is 5.69 Å². The van der Waals surface area contributed by atoms with Crippen molar-refractivity contribution in [3.05, 3.63) is 47.7 Å². The molecule has 0 fully saturated rings. The second-order valence-corrected chi connectivity index (χ2v) is 4.67. The van der Waals surface area contributed by atoms with Gasteiger partial charge in [-0.25, -0.2) is 4.98 Å². The normalized spacial score (nSPS) is 13.2. The van der Waals surface area contributed by atoms with Crippen molar-refractivity contribution < 1.29 is 9.53 Å². The van der Waals surface area contributed by atoms with Crippen LogP contribution in [0.4, 0.5) is 5.69 Å². The number of nitrogens with zero attached hydrogens (tertiary/aromatic N) is 1. The topological polar surface area (TPSA) is 77.2 Å². The minimum atomic E-state index is -0.495. The number of ether oxygens (including phenoxy) is 1. The van der Waals surface area contributed by atoms with Crippen molar-refractivity contribution in [3.8, 4) is 11.6 Å². The Morgan fingerprint density at radius 2 is 2.25 bits per heavy atom. The average molecular weight is 269 g/mol. The van der Waals surface area contributed by atoms with Crippen molar-refractivity contribution in [2.24, 2.45) is 5.73 Å². The molecule has 5 heteroatoms. The quantitative estimate of drug-likeness (QED) is 0.896. The number of anilines is 1. The van der Waals surface area contributed by atoms with Crippen molar-refractivity contribution in [2.75, 3.05) is 11.9 Å². The van der Waals surface area contributed by atoms with E-state index in [1.807, 2.05) is 12.1 Å². The number of amides is 1. The summed E-state index contributed by atoms with van der Waals surface area (Å²) in [7, 11) is 0. The van der Waals surface area contributed by atoms with Crippen LogP contribution in [0.3, 0.4) is 0 Å². The molecular formula is C15H15N3O2. The lowest BCUT2D eigenvalue weighted by molar-refractivity contribution is 0.1000. The van der Waals surface area contributed by atoms with E-state index in [2.05, 4.69) is 16.4 Å². The van der Waals surface area contributed by atoms with Gasteiger partial charge in [-0.2, -0.15) is 0 Å². The molecule has 0 saturated heterocycles. The number of aromatic nitrogens is 1. The van der Waals surface area contributed by atoms with Gasteiger partial charge in [-0.05, 0) is 30.5 Å². The summed E-state index contributed by atoms with van der Waals surface area (Å²) in [6.07, 6.45) is 3.67. The van der Waals surface area contributed by atoms with Crippen molar-refractivity contribution >= 4 is 11.6 Å². The average Bonchev–Trinajstić information content (AvgIpc) is 2.48. The van der Waals surface area contributed by atoms with E-state index in [1.165, 1.54) is 11.8 Å². The van der Waals surface area contributed by atoms with Gasteiger partial charge >= 0.3 is 0 Å². The highest BCUT2D eigenvalue weighted by Crippen LogP contribution is 2.34. The van der Waals surface area contributed by atoms with Crippen molar-refractivity contribution in [2.45, 2.75) is 12.8 Å². The van der Waals surface area contributed by atoms with Crippen LogP contribution < -0.4 is 15.8 Å². The molecule has 0 aliphatic carbocycles. The Hall–Kier alpha value is -2.56.